The molecule has 2 aliphatic rings. The number of aliphatic hydroxyl groups excluding tert-OH is 1. The zero-order chi connectivity index (χ0) is 30.8. The maximum Gasteiger partial charge on any atom is 0.404 e. The zero-order valence-electron chi connectivity index (χ0n) is 25.6. The number of rotatable bonds is 15. The Hall–Kier alpha value is -2.46. The van der Waals surface area contributed by atoms with Gasteiger partial charge in [0.05, 0.1) is 0 Å². The summed E-state index contributed by atoms with van der Waals surface area (Å²) in [6.07, 6.45) is 13.0. The monoisotopic (exact) mass is 582 g/mol. The molecule has 2 fully saturated rings. The molecule has 41 heavy (non-hydrogen) atoms. The Labute approximate surface area is 246 Å². The van der Waals surface area contributed by atoms with E-state index in [1.54, 1.807) is 13.8 Å². The molecule has 0 unspecified atom stereocenters. The van der Waals surface area contributed by atoms with Gasteiger partial charge in [-0.25, -0.2) is 9.59 Å². The molecule has 236 valence electrons. The van der Waals surface area contributed by atoms with Crippen LogP contribution in [0, 0.1) is 17.8 Å². The Balaban J connectivity index is 0.000000425. The molecule has 2 amide bonds. The summed E-state index contributed by atoms with van der Waals surface area (Å²) < 4.78 is 9.89. The number of carboxylic acid groups (broad SMARTS) is 1. The van der Waals surface area contributed by atoms with E-state index in [-0.39, 0.29) is 37.0 Å². The number of ketones is 1. The lowest BCUT2D eigenvalue weighted by Crippen LogP contribution is -2.40. The second-order valence-corrected chi connectivity index (χ2v) is 12.2. The average Bonchev–Trinajstić information content (AvgIpc) is 2.93. The van der Waals surface area contributed by atoms with Crippen molar-refractivity contribution in [1.82, 2.24) is 10.6 Å². The van der Waals surface area contributed by atoms with Crippen molar-refractivity contribution in [2.24, 2.45) is 17.8 Å². The lowest BCUT2D eigenvalue weighted by molar-refractivity contribution is -0.171. The lowest BCUT2D eigenvalue weighted by atomic mass is 9.75. The third-order valence-electron chi connectivity index (χ3n) is 8.08. The first-order chi connectivity index (χ1) is 19.4. The second-order valence-electron chi connectivity index (χ2n) is 12.2. The minimum atomic E-state index is -0.972. The Kier molecular flexibility index (Phi) is 17.5. The third kappa shape index (κ3) is 15.9. The van der Waals surface area contributed by atoms with Crippen LogP contribution < -0.4 is 10.6 Å². The van der Waals surface area contributed by atoms with Gasteiger partial charge in [-0.15, -0.1) is 0 Å². The topological polar surface area (TPSA) is 151 Å². The number of aliphatic hydroxyl groups is 1. The fourth-order valence-corrected chi connectivity index (χ4v) is 5.35. The van der Waals surface area contributed by atoms with E-state index in [1.165, 1.54) is 19.3 Å². The first kappa shape index (κ1) is 36.6. The van der Waals surface area contributed by atoms with Crippen molar-refractivity contribution in [2.45, 2.75) is 129 Å². The molecule has 0 saturated heterocycles. The highest BCUT2D eigenvalue weighted by Crippen LogP contribution is 2.35. The first-order valence-electron chi connectivity index (χ1n) is 15.2. The van der Waals surface area contributed by atoms with E-state index in [0.717, 1.165) is 69.3 Å². The van der Waals surface area contributed by atoms with Crippen LogP contribution in [-0.2, 0) is 23.9 Å². The van der Waals surface area contributed by atoms with Crippen LogP contribution in [0.3, 0.4) is 0 Å². The minimum Gasteiger partial charge on any atom is -0.465 e. The molecule has 10 nitrogen and oxygen atoms in total. The maximum atomic E-state index is 11.8. The smallest absolute Gasteiger partial charge is 0.404 e. The standard InChI is InChI=1S/C18H32N2O3.C13H22O5/c1-12(2)17(21)19-15-7-3-13(4-8-15)11-14-5-9-16(10-6-14)20-18(22)23;1-4-12(16)17-10-18-13(2,3)11(15)8-6-5-7-9-14/h12-16,20H,3-11H2,1-2H3,(H,19,21)(H,22,23);4,14H,1,5-10H2,2-3H3. The second kappa shape index (κ2) is 19.6. The number of Topliss-reactive ketones (excluding diaryl/α,β-unsaturated/α-hetero) is 1. The lowest BCUT2D eigenvalue weighted by Gasteiger charge is -2.34. The van der Waals surface area contributed by atoms with Crippen molar-refractivity contribution >= 4 is 23.8 Å². The van der Waals surface area contributed by atoms with Gasteiger partial charge in [0, 0.05) is 37.1 Å². The Bertz CT molecular complexity index is 813. The van der Waals surface area contributed by atoms with Gasteiger partial charge in [-0.2, -0.15) is 0 Å². The van der Waals surface area contributed by atoms with E-state index in [0.29, 0.717) is 18.9 Å². The molecule has 2 rings (SSSR count). The summed E-state index contributed by atoms with van der Waals surface area (Å²) in [5.41, 5.74) is -0.972. The molecule has 10 heteroatoms. The van der Waals surface area contributed by atoms with Gasteiger partial charge in [-0.05, 0) is 96.3 Å². The molecule has 0 aromatic heterocycles. The number of nitrogens with one attached hydrogen (secondary N) is 2. The maximum absolute atomic E-state index is 11.8. The van der Waals surface area contributed by atoms with Crippen LogP contribution in [0.4, 0.5) is 4.79 Å². The van der Waals surface area contributed by atoms with Gasteiger partial charge >= 0.3 is 12.1 Å². The fourth-order valence-electron chi connectivity index (χ4n) is 5.35. The van der Waals surface area contributed by atoms with Crippen molar-refractivity contribution in [1.29, 1.82) is 0 Å². The van der Waals surface area contributed by atoms with Crippen LogP contribution in [-0.4, -0.2) is 65.1 Å². The Morgan fingerprint density at radius 3 is 1.90 bits per heavy atom. The van der Waals surface area contributed by atoms with Crippen LogP contribution in [0.5, 0.6) is 0 Å². The van der Waals surface area contributed by atoms with Crippen molar-refractivity contribution in [3.63, 3.8) is 0 Å². The van der Waals surface area contributed by atoms with E-state index in [4.69, 9.17) is 14.9 Å². The van der Waals surface area contributed by atoms with Gasteiger partial charge in [-0.3, -0.25) is 9.59 Å². The first-order valence-corrected chi connectivity index (χ1v) is 15.2. The van der Waals surface area contributed by atoms with Crippen LogP contribution in [0.1, 0.15) is 111 Å². The van der Waals surface area contributed by atoms with Gasteiger partial charge in [-0.1, -0.05) is 26.8 Å². The number of ether oxygens (including phenoxy) is 2. The van der Waals surface area contributed by atoms with E-state index < -0.39 is 17.7 Å². The predicted octanol–water partition coefficient (Wildman–Crippen LogP) is 5.12. The van der Waals surface area contributed by atoms with Gasteiger partial charge in [0.15, 0.2) is 12.6 Å². The summed E-state index contributed by atoms with van der Waals surface area (Å²) in [6, 6.07) is 0.530. The molecule has 0 aliphatic heterocycles. The van der Waals surface area contributed by atoms with E-state index in [1.807, 2.05) is 13.8 Å². The van der Waals surface area contributed by atoms with Gasteiger partial charge in [0.2, 0.25) is 5.91 Å². The highest BCUT2D eigenvalue weighted by Gasteiger charge is 2.29. The quantitative estimate of drug-likeness (QED) is 0.0898. The van der Waals surface area contributed by atoms with Crippen molar-refractivity contribution in [2.75, 3.05) is 13.4 Å². The molecule has 4 N–H and O–H groups in total. The molecule has 0 aromatic rings. The van der Waals surface area contributed by atoms with Crippen LogP contribution in [0.25, 0.3) is 0 Å². The predicted molar refractivity (Wildman–Crippen MR) is 157 cm³/mol. The summed E-state index contributed by atoms with van der Waals surface area (Å²) in [5.74, 6) is 1.17. The summed E-state index contributed by atoms with van der Waals surface area (Å²) in [4.78, 5) is 45.0. The molecule has 0 bridgehead atoms. The minimum absolute atomic E-state index is 0.0462. The molecular formula is C31H54N2O8. The number of carbonyl (C=O) groups is 4. The highest BCUT2D eigenvalue weighted by atomic mass is 16.7. The summed E-state index contributed by atoms with van der Waals surface area (Å²) in [5, 5.41) is 23.2. The van der Waals surface area contributed by atoms with Crippen molar-refractivity contribution < 1.29 is 38.9 Å². The largest absolute Gasteiger partial charge is 0.465 e. The summed E-state index contributed by atoms with van der Waals surface area (Å²) in [6.45, 7) is 10.3. The normalized spacial score (nSPS) is 22.6. The van der Waals surface area contributed by atoms with Crippen LogP contribution in [0.15, 0.2) is 12.7 Å². The molecule has 0 atom stereocenters. The number of amides is 2. The average molecular weight is 583 g/mol. The van der Waals surface area contributed by atoms with Crippen molar-refractivity contribution in [3.05, 3.63) is 12.7 Å². The highest BCUT2D eigenvalue weighted by molar-refractivity contribution is 5.86. The molecule has 0 heterocycles. The number of carbonyl (C=O) groups excluding carboxylic acids is 3. The van der Waals surface area contributed by atoms with Crippen LogP contribution >= 0.6 is 0 Å². The SMILES string of the molecule is C=CC(=O)OCOC(C)(C)C(=O)CCCCCO.CC(C)C(=O)NC1CCC(CC2CCC(NC(=O)O)CC2)CC1. The van der Waals surface area contributed by atoms with Gasteiger partial charge < -0.3 is 30.3 Å². The van der Waals surface area contributed by atoms with E-state index in [9.17, 15) is 19.2 Å². The summed E-state index contributed by atoms with van der Waals surface area (Å²) in [7, 11) is 0. The molecule has 0 spiro atoms. The van der Waals surface area contributed by atoms with E-state index >= 15 is 0 Å². The van der Waals surface area contributed by atoms with Gasteiger partial charge in [0.25, 0.3) is 0 Å². The Morgan fingerprint density at radius 2 is 1.44 bits per heavy atom. The third-order valence-corrected chi connectivity index (χ3v) is 8.08. The number of hydrogen-bond donors (Lipinski definition) is 4. The zero-order valence-corrected chi connectivity index (χ0v) is 25.6. The molecular weight excluding hydrogens is 528 g/mol. The van der Waals surface area contributed by atoms with Crippen molar-refractivity contribution in [3.8, 4) is 0 Å². The Morgan fingerprint density at radius 1 is 0.902 bits per heavy atom. The molecule has 2 aliphatic carbocycles. The molecule has 0 aromatic carbocycles. The van der Waals surface area contributed by atoms with Gasteiger partial charge in [0.1, 0.15) is 5.60 Å². The number of hydrogen-bond acceptors (Lipinski definition) is 7. The molecule has 0 radical (unpaired) electrons. The van der Waals surface area contributed by atoms with Crippen LogP contribution in [0.2, 0.25) is 0 Å². The fraction of sp³-hybridized carbons (Fsp3) is 0.806. The number of esters is 1. The number of unbranched alkanes of at least 4 members (excludes halogenated alkanes) is 2. The molecule has 2 saturated carbocycles. The van der Waals surface area contributed by atoms with E-state index in [2.05, 4.69) is 21.9 Å². The summed E-state index contributed by atoms with van der Waals surface area (Å²) >= 11 is 0.